The minimum atomic E-state index is -0.372. The zero-order valence-corrected chi connectivity index (χ0v) is 13.2. The molecule has 0 spiro atoms. The summed E-state index contributed by atoms with van der Waals surface area (Å²) in [6.45, 7) is 3.22. The molecular weight excluding hydrogens is 306 g/mol. The first kappa shape index (κ1) is 15.6. The quantitative estimate of drug-likeness (QED) is 0.437. The van der Waals surface area contributed by atoms with E-state index in [2.05, 4.69) is 10.3 Å². The first-order chi connectivity index (χ1) is 11.5. The van der Waals surface area contributed by atoms with Gasteiger partial charge in [0, 0.05) is 28.4 Å². The summed E-state index contributed by atoms with van der Waals surface area (Å²) in [5, 5.41) is 15.7. The SMILES string of the molecule is CC(=O)c1ccc(Nc2nccc3c([N+](=O)[O-])c(C)ccc23)cc1. The molecular formula is C18H15N3O3. The van der Waals surface area contributed by atoms with Crippen molar-refractivity contribution in [3.8, 4) is 0 Å². The number of nitrogens with zero attached hydrogens (tertiary/aromatic N) is 2. The van der Waals surface area contributed by atoms with Crippen LogP contribution < -0.4 is 5.32 Å². The van der Waals surface area contributed by atoms with E-state index in [-0.39, 0.29) is 16.4 Å². The first-order valence-corrected chi connectivity index (χ1v) is 7.38. The van der Waals surface area contributed by atoms with Crippen LogP contribution >= 0.6 is 0 Å². The van der Waals surface area contributed by atoms with Crippen molar-refractivity contribution >= 4 is 33.7 Å². The van der Waals surface area contributed by atoms with E-state index >= 15 is 0 Å². The summed E-state index contributed by atoms with van der Waals surface area (Å²) >= 11 is 0. The molecule has 3 aromatic rings. The lowest BCUT2D eigenvalue weighted by atomic mass is 10.1. The van der Waals surface area contributed by atoms with E-state index in [1.54, 1.807) is 49.5 Å². The fraction of sp³-hybridized carbons (Fsp3) is 0.111. The first-order valence-electron chi connectivity index (χ1n) is 7.38. The molecule has 6 nitrogen and oxygen atoms in total. The van der Waals surface area contributed by atoms with Crippen molar-refractivity contribution in [2.45, 2.75) is 13.8 Å². The van der Waals surface area contributed by atoms with Crippen LogP contribution in [0.3, 0.4) is 0 Å². The number of benzene rings is 2. The normalized spacial score (nSPS) is 10.6. The second-order valence-electron chi connectivity index (χ2n) is 5.50. The van der Waals surface area contributed by atoms with Crippen molar-refractivity contribution < 1.29 is 9.72 Å². The number of fused-ring (bicyclic) bond motifs is 1. The molecule has 120 valence electrons. The Labute approximate surface area is 138 Å². The Kier molecular flexibility index (Phi) is 3.95. The molecule has 0 aliphatic rings. The van der Waals surface area contributed by atoms with Crippen molar-refractivity contribution in [3.05, 3.63) is 69.9 Å². The lowest BCUT2D eigenvalue weighted by Gasteiger charge is -2.10. The van der Waals surface area contributed by atoms with Gasteiger partial charge in [-0.05, 0) is 50.2 Å². The number of nitrogens with one attached hydrogen (secondary N) is 1. The molecule has 0 bridgehead atoms. The zero-order chi connectivity index (χ0) is 17.3. The van der Waals surface area contributed by atoms with Crippen LogP contribution in [0.4, 0.5) is 17.2 Å². The number of aromatic nitrogens is 1. The Hall–Kier alpha value is -3.28. The Balaban J connectivity index is 2.05. The van der Waals surface area contributed by atoms with Gasteiger partial charge in [-0.1, -0.05) is 6.07 Å². The predicted molar refractivity (Wildman–Crippen MR) is 92.9 cm³/mol. The summed E-state index contributed by atoms with van der Waals surface area (Å²) < 4.78 is 0. The molecule has 0 saturated heterocycles. The minimum absolute atomic E-state index is 0.00376. The summed E-state index contributed by atoms with van der Waals surface area (Å²) in [5.41, 5.74) is 2.07. The fourth-order valence-electron chi connectivity index (χ4n) is 2.62. The number of carbonyl (C=O) groups is 1. The van der Waals surface area contributed by atoms with Crippen LogP contribution in [-0.4, -0.2) is 15.7 Å². The van der Waals surface area contributed by atoms with Gasteiger partial charge in [0.25, 0.3) is 5.69 Å². The average molecular weight is 321 g/mol. The number of aryl methyl sites for hydroxylation is 1. The number of nitro benzene ring substituents is 1. The van der Waals surface area contributed by atoms with Gasteiger partial charge in [0.05, 0.1) is 10.3 Å². The maximum atomic E-state index is 11.3. The van der Waals surface area contributed by atoms with Crippen molar-refractivity contribution in [2.24, 2.45) is 0 Å². The third kappa shape index (κ3) is 2.81. The number of Topliss-reactive ketones (excluding diaryl/α,β-unsaturated/α-hetero) is 1. The number of hydrogen-bond acceptors (Lipinski definition) is 5. The number of anilines is 2. The highest BCUT2D eigenvalue weighted by Gasteiger charge is 2.17. The molecule has 0 aliphatic heterocycles. The third-order valence-corrected chi connectivity index (χ3v) is 3.86. The summed E-state index contributed by atoms with van der Waals surface area (Å²) in [5.74, 6) is 0.530. The molecule has 0 aliphatic carbocycles. The van der Waals surface area contributed by atoms with Gasteiger partial charge in [0.1, 0.15) is 5.82 Å². The molecule has 0 atom stereocenters. The second-order valence-corrected chi connectivity index (χ2v) is 5.50. The van der Waals surface area contributed by atoms with E-state index in [1.165, 1.54) is 6.92 Å². The Morgan fingerprint density at radius 1 is 1.08 bits per heavy atom. The zero-order valence-electron chi connectivity index (χ0n) is 13.2. The van der Waals surface area contributed by atoms with Crippen LogP contribution in [0.1, 0.15) is 22.8 Å². The largest absolute Gasteiger partial charge is 0.340 e. The molecule has 0 unspecified atom stereocenters. The summed E-state index contributed by atoms with van der Waals surface area (Å²) in [6.07, 6.45) is 1.54. The molecule has 3 rings (SSSR count). The minimum Gasteiger partial charge on any atom is -0.340 e. The van der Waals surface area contributed by atoms with Gasteiger partial charge in [-0.3, -0.25) is 14.9 Å². The van der Waals surface area contributed by atoms with E-state index < -0.39 is 0 Å². The van der Waals surface area contributed by atoms with Crippen molar-refractivity contribution in [2.75, 3.05) is 5.32 Å². The van der Waals surface area contributed by atoms with Gasteiger partial charge in [-0.25, -0.2) is 4.98 Å². The topological polar surface area (TPSA) is 85.1 Å². The van der Waals surface area contributed by atoms with Crippen LogP contribution in [0.5, 0.6) is 0 Å². The average Bonchev–Trinajstić information content (AvgIpc) is 2.55. The molecule has 1 aromatic heterocycles. The highest BCUT2D eigenvalue weighted by molar-refractivity contribution is 6.00. The molecule has 0 radical (unpaired) electrons. The van der Waals surface area contributed by atoms with E-state index in [9.17, 15) is 14.9 Å². The maximum Gasteiger partial charge on any atom is 0.280 e. The molecule has 0 amide bonds. The molecule has 6 heteroatoms. The number of carbonyl (C=O) groups excluding carboxylic acids is 1. The Morgan fingerprint density at radius 2 is 1.79 bits per heavy atom. The highest BCUT2D eigenvalue weighted by Crippen LogP contribution is 2.33. The van der Waals surface area contributed by atoms with Gasteiger partial charge >= 0.3 is 0 Å². The standard InChI is InChI=1S/C18H15N3O3/c1-11-3-8-16-15(17(11)21(23)24)9-10-19-18(16)20-14-6-4-13(5-7-14)12(2)22/h3-10H,1-2H3,(H,19,20). The van der Waals surface area contributed by atoms with Crippen LogP contribution in [0.25, 0.3) is 10.8 Å². The molecule has 0 saturated carbocycles. The van der Waals surface area contributed by atoms with Gasteiger partial charge in [-0.15, -0.1) is 0 Å². The van der Waals surface area contributed by atoms with Crippen molar-refractivity contribution in [1.29, 1.82) is 0 Å². The summed E-state index contributed by atoms with van der Waals surface area (Å²) in [7, 11) is 0. The highest BCUT2D eigenvalue weighted by atomic mass is 16.6. The molecule has 1 heterocycles. The molecule has 0 fully saturated rings. The fourth-order valence-corrected chi connectivity index (χ4v) is 2.62. The predicted octanol–water partition coefficient (Wildman–Crippen LogP) is 4.40. The van der Waals surface area contributed by atoms with Crippen molar-refractivity contribution in [1.82, 2.24) is 4.98 Å². The summed E-state index contributed by atoms with van der Waals surface area (Å²) in [4.78, 5) is 26.6. The van der Waals surface area contributed by atoms with E-state index in [1.807, 2.05) is 6.07 Å². The number of nitro groups is 1. The van der Waals surface area contributed by atoms with Gasteiger partial charge < -0.3 is 5.32 Å². The van der Waals surface area contributed by atoms with Crippen LogP contribution in [-0.2, 0) is 0 Å². The second kappa shape index (κ2) is 6.08. The van der Waals surface area contributed by atoms with Crippen LogP contribution in [0.2, 0.25) is 0 Å². The van der Waals surface area contributed by atoms with Gasteiger partial charge in [0.15, 0.2) is 5.78 Å². The van der Waals surface area contributed by atoms with Gasteiger partial charge in [0.2, 0.25) is 0 Å². The maximum absolute atomic E-state index is 11.3. The third-order valence-electron chi connectivity index (χ3n) is 3.86. The van der Waals surface area contributed by atoms with E-state index in [4.69, 9.17) is 0 Å². The Morgan fingerprint density at radius 3 is 2.42 bits per heavy atom. The lowest BCUT2D eigenvalue weighted by Crippen LogP contribution is -1.98. The Bertz CT molecular complexity index is 950. The van der Waals surface area contributed by atoms with Crippen LogP contribution in [0.15, 0.2) is 48.7 Å². The van der Waals surface area contributed by atoms with Crippen LogP contribution in [0, 0.1) is 17.0 Å². The number of rotatable bonds is 4. The lowest BCUT2D eigenvalue weighted by molar-refractivity contribution is -0.383. The molecule has 1 N–H and O–H groups in total. The smallest absolute Gasteiger partial charge is 0.280 e. The molecule has 2 aromatic carbocycles. The van der Waals surface area contributed by atoms with E-state index in [0.29, 0.717) is 27.7 Å². The van der Waals surface area contributed by atoms with Crippen molar-refractivity contribution in [3.63, 3.8) is 0 Å². The molecule has 24 heavy (non-hydrogen) atoms. The van der Waals surface area contributed by atoms with E-state index in [0.717, 1.165) is 5.69 Å². The number of pyridine rings is 1. The monoisotopic (exact) mass is 321 g/mol. The summed E-state index contributed by atoms with van der Waals surface area (Å²) in [6, 6.07) is 12.2. The van der Waals surface area contributed by atoms with Gasteiger partial charge in [-0.2, -0.15) is 0 Å². The number of hydrogen-bond donors (Lipinski definition) is 1. The number of ketones is 1.